The summed E-state index contributed by atoms with van der Waals surface area (Å²) in [5.74, 6) is 0.847. The molecule has 132 valence electrons. The van der Waals surface area contributed by atoms with E-state index in [1.54, 1.807) is 19.2 Å². The third-order valence-electron chi connectivity index (χ3n) is 4.29. The molecule has 0 atom stereocenters. The number of rotatable bonds is 5. The van der Waals surface area contributed by atoms with E-state index in [2.05, 4.69) is 27.2 Å². The van der Waals surface area contributed by atoms with Crippen LogP contribution in [0, 0.1) is 0 Å². The molecule has 25 heavy (non-hydrogen) atoms. The van der Waals surface area contributed by atoms with E-state index in [0.29, 0.717) is 11.6 Å². The Balaban J connectivity index is 1.47. The SMILES string of the molecule is COc1ccc(N2CCN(CC(=O)Nc3cccc(Cl)c3)CC2)cc1. The number of ether oxygens (including phenoxy) is 1. The van der Waals surface area contributed by atoms with Gasteiger partial charge in [0.05, 0.1) is 13.7 Å². The highest BCUT2D eigenvalue weighted by molar-refractivity contribution is 6.30. The summed E-state index contributed by atoms with van der Waals surface area (Å²) in [4.78, 5) is 16.7. The summed E-state index contributed by atoms with van der Waals surface area (Å²) < 4.78 is 5.19. The van der Waals surface area contributed by atoms with Crippen LogP contribution in [0.5, 0.6) is 5.75 Å². The van der Waals surface area contributed by atoms with Crippen LogP contribution in [0.4, 0.5) is 11.4 Å². The maximum atomic E-state index is 12.2. The first-order valence-corrected chi connectivity index (χ1v) is 8.68. The largest absolute Gasteiger partial charge is 0.497 e. The number of anilines is 2. The summed E-state index contributed by atoms with van der Waals surface area (Å²) in [5.41, 5.74) is 1.91. The monoisotopic (exact) mass is 359 g/mol. The molecule has 1 fully saturated rings. The van der Waals surface area contributed by atoms with Gasteiger partial charge in [0, 0.05) is 42.6 Å². The molecule has 3 rings (SSSR count). The topological polar surface area (TPSA) is 44.8 Å². The van der Waals surface area contributed by atoms with Crippen molar-refractivity contribution in [3.63, 3.8) is 0 Å². The predicted molar refractivity (Wildman–Crippen MR) is 102 cm³/mol. The van der Waals surface area contributed by atoms with Crippen LogP contribution in [0.3, 0.4) is 0 Å². The van der Waals surface area contributed by atoms with Crippen LogP contribution in [-0.4, -0.2) is 50.6 Å². The minimum Gasteiger partial charge on any atom is -0.497 e. The zero-order valence-electron chi connectivity index (χ0n) is 14.2. The summed E-state index contributed by atoms with van der Waals surface area (Å²) in [7, 11) is 1.67. The number of carbonyl (C=O) groups is 1. The molecule has 0 bridgehead atoms. The Morgan fingerprint density at radius 2 is 1.84 bits per heavy atom. The Bertz CT molecular complexity index is 713. The maximum absolute atomic E-state index is 12.2. The maximum Gasteiger partial charge on any atom is 0.238 e. The van der Waals surface area contributed by atoms with E-state index in [0.717, 1.165) is 37.6 Å². The fourth-order valence-corrected chi connectivity index (χ4v) is 3.12. The molecule has 1 heterocycles. The lowest BCUT2D eigenvalue weighted by Gasteiger charge is -2.35. The van der Waals surface area contributed by atoms with Gasteiger partial charge in [0.1, 0.15) is 5.75 Å². The van der Waals surface area contributed by atoms with Gasteiger partial charge in [-0.05, 0) is 42.5 Å². The number of methoxy groups -OCH3 is 1. The third-order valence-corrected chi connectivity index (χ3v) is 4.52. The Hall–Kier alpha value is -2.24. The quantitative estimate of drug-likeness (QED) is 0.891. The average Bonchev–Trinajstić information content (AvgIpc) is 2.62. The van der Waals surface area contributed by atoms with Gasteiger partial charge in [0.2, 0.25) is 5.91 Å². The number of nitrogens with zero attached hydrogens (tertiary/aromatic N) is 2. The minimum absolute atomic E-state index is 0.0137. The van der Waals surface area contributed by atoms with E-state index >= 15 is 0 Å². The number of amides is 1. The van der Waals surface area contributed by atoms with Crippen LogP contribution in [0.15, 0.2) is 48.5 Å². The fraction of sp³-hybridized carbons (Fsp3) is 0.316. The van der Waals surface area contributed by atoms with Crippen LogP contribution < -0.4 is 15.0 Å². The van der Waals surface area contributed by atoms with Gasteiger partial charge in [-0.3, -0.25) is 9.69 Å². The molecule has 0 saturated carbocycles. The molecule has 2 aromatic rings. The van der Waals surface area contributed by atoms with E-state index in [1.165, 1.54) is 5.69 Å². The van der Waals surface area contributed by atoms with Crippen LogP contribution in [0.2, 0.25) is 5.02 Å². The molecular weight excluding hydrogens is 338 g/mol. The van der Waals surface area contributed by atoms with E-state index in [9.17, 15) is 4.79 Å². The normalized spacial score (nSPS) is 15.0. The summed E-state index contributed by atoms with van der Waals surface area (Å²) in [6, 6.07) is 15.3. The Kier molecular flexibility index (Phi) is 5.79. The minimum atomic E-state index is -0.0137. The smallest absolute Gasteiger partial charge is 0.238 e. The Labute approximate surface area is 153 Å². The highest BCUT2D eigenvalue weighted by Gasteiger charge is 2.19. The Morgan fingerprint density at radius 1 is 1.12 bits per heavy atom. The molecule has 1 amide bonds. The second-order valence-electron chi connectivity index (χ2n) is 6.02. The van der Waals surface area contributed by atoms with Crippen molar-refractivity contribution in [1.29, 1.82) is 0 Å². The number of halogens is 1. The van der Waals surface area contributed by atoms with Crippen molar-refractivity contribution in [2.45, 2.75) is 0 Å². The lowest BCUT2D eigenvalue weighted by atomic mass is 10.2. The number of carbonyl (C=O) groups excluding carboxylic acids is 1. The van der Waals surface area contributed by atoms with Gasteiger partial charge in [-0.15, -0.1) is 0 Å². The van der Waals surface area contributed by atoms with Crippen molar-refractivity contribution >= 4 is 28.9 Å². The average molecular weight is 360 g/mol. The Morgan fingerprint density at radius 3 is 2.48 bits per heavy atom. The van der Waals surface area contributed by atoms with Gasteiger partial charge < -0.3 is 15.0 Å². The molecule has 0 radical (unpaired) electrons. The summed E-state index contributed by atoms with van der Waals surface area (Å²) in [6.45, 7) is 3.90. The highest BCUT2D eigenvalue weighted by Crippen LogP contribution is 2.20. The van der Waals surface area contributed by atoms with Gasteiger partial charge in [0.15, 0.2) is 0 Å². The number of hydrogen-bond donors (Lipinski definition) is 1. The van der Waals surface area contributed by atoms with Crippen molar-refractivity contribution < 1.29 is 9.53 Å². The van der Waals surface area contributed by atoms with Crippen LogP contribution in [0.1, 0.15) is 0 Å². The first-order valence-electron chi connectivity index (χ1n) is 8.31. The van der Waals surface area contributed by atoms with E-state index < -0.39 is 0 Å². The zero-order valence-corrected chi connectivity index (χ0v) is 15.0. The van der Waals surface area contributed by atoms with Crippen molar-refractivity contribution in [3.05, 3.63) is 53.6 Å². The lowest BCUT2D eigenvalue weighted by molar-refractivity contribution is -0.117. The molecule has 1 aliphatic heterocycles. The molecule has 0 aromatic heterocycles. The highest BCUT2D eigenvalue weighted by atomic mass is 35.5. The van der Waals surface area contributed by atoms with Crippen molar-refractivity contribution in [3.8, 4) is 5.75 Å². The summed E-state index contributed by atoms with van der Waals surface area (Å²) >= 11 is 5.94. The van der Waals surface area contributed by atoms with Crippen LogP contribution in [-0.2, 0) is 4.79 Å². The molecule has 1 aliphatic rings. The first-order chi connectivity index (χ1) is 12.1. The molecule has 5 nitrogen and oxygen atoms in total. The number of benzene rings is 2. The zero-order chi connectivity index (χ0) is 17.6. The third kappa shape index (κ3) is 4.87. The van der Waals surface area contributed by atoms with Crippen molar-refractivity contribution in [1.82, 2.24) is 4.90 Å². The van der Waals surface area contributed by atoms with Gasteiger partial charge in [0.25, 0.3) is 0 Å². The number of hydrogen-bond acceptors (Lipinski definition) is 4. The van der Waals surface area contributed by atoms with Crippen molar-refractivity contribution in [2.24, 2.45) is 0 Å². The molecule has 2 aromatic carbocycles. The van der Waals surface area contributed by atoms with E-state index in [4.69, 9.17) is 16.3 Å². The first kappa shape index (κ1) is 17.6. The molecule has 0 aliphatic carbocycles. The van der Waals surface area contributed by atoms with Gasteiger partial charge in [-0.2, -0.15) is 0 Å². The van der Waals surface area contributed by atoms with Gasteiger partial charge in [-0.25, -0.2) is 0 Å². The van der Waals surface area contributed by atoms with Crippen LogP contribution in [0.25, 0.3) is 0 Å². The van der Waals surface area contributed by atoms with Gasteiger partial charge in [-0.1, -0.05) is 17.7 Å². The number of nitrogens with one attached hydrogen (secondary N) is 1. The molecule has 1 saturated heterocycles. The van der Waals surface area contributed by atoms with E-state index in [1.807, 2.05) is 24.3 Å². The predicted octanol–water partition coefficient (Wildman–Crippen LogP) is 3.11. The van der Waals surface area contributed by atoms with Crippen LogP contribution >= 0.6 is 11.6 Å². The molecular formula is C19H22ClN3O2. The lowest BCUT2D eigenvalue weighted by Crippen LogP contribution is -2.48. The standard InChI is InChI=1S/C19H22ClN3O2/c1-25-18-7-5-17(6-8-18)23-11-9-22(10-12-23)14-19(24)21-16-4-2-3-15(20)13-16/h2-8,13H,9-12,14H2,1H3,(H,21,24). The molecule has 6 heteroatoms. The number of piperazine rings is 1. The summed E-state index contributed by atoms with van der Waals surface area (Å²) in [6.07, 6.45) is 0. The van der Waals surface area contributed by atoms with Crippen molar-refractivity contribution in [2.75, 3.05) is 50.1 Å². The molecule has 0 unspecified atom stereocenters. The summed E-state index contributed by atoms with van der Waals surface area (Å²) in [5, 5.41) is 3.51. The fourth-order valence-electron chi connectivity index (χ4n) is 2.93. The second-order valence-corrected chi connectivity index (χ2v) is 6.46. The molecule has 0 spiro atoms. The van der Waals surface area contributed by atoms with E-state index in [-0.39, 0.29) is 5.91 Å². The second kappa shape index (κ2) is 8.23. The molecule has 1 N–H and O–H groups in total. The van der Waals surface area contributed by atoms with Gasteiger partial charge >= 0.3 is 0 Å².